The third-order valence-corrected chi connectivity index (χ3v) is 6.89. The van der Waals surface area contributed by atoms with Crippen molar-refractivity contribution in [1.29, 1.82) is 0 Å². The van der Waals surface area contributed by atoms with Gasteiger partial charge in [0, 0.05) is 31.6 Å². The van der Waals surface area contributed by atoms with Crippen LogP contribution in [-0.4, -0.2) is 68.7 Å². The standard InChI is InChI=1S/C24H30N6O2/c1-32-23-11-10-18(20-8-4-5-9-21(20)23)15-29-16-19(30-17-25-26-27-30)14-22(29)24(31)28-12-6-2-3-7-13-28/h4-5,8-11,17,19,22H,2-3,6-7,12-16H2,1H3/t19-,22-/m0/s1. The minimum absolute atomic E-state index is 0.0930. The molecule has 2 atom stereocenters. The van der Waals surface area contributed by atoms with Gasteiger partial charge in [-0.1, -0.05) is 43.2 Å². The third-order valence-electron chi connectivity index (χ3n) is 6.89. The van der Waals surface area contributed by atoms with E-state index in [9.17, 15) is 4.79 Å². The van der Waals surface area contributed by atoms with Crippen molar-refractivity contribution in [1.82, 2.24) is 30.0 Å². The van der Waals surface area contributed by atoms with Crippen molar-refractivity contribution in [3.63, 3.8) is 0 Å². The Balaban J connectivity index is 1.44. The number of nitrogens with zero attached hydrogens (tertiary/aromatic N) is 6. The second-order valence-electron chi connectivity index (χ2n) is 8.84. The third kappa shape index (κ3) is 4.07. The summed E-state index contributed by atoms with van der Waals surface area (Å²) in [6.07, 6.45) is 7.00. The first kappa shape index (κ1) is 20.9. The van der Waals surface area contributed by atoms with E-state index in [1.165, 1.54) is 23.8 Å². The smallest absolute Gasteiger partial charge is 0.240 e. The molecule has 0 saturated carbocycles. The molecule has 0 spiro atoms. The number of hydrogen-bond acceptors (Lipinski definition) is 6. The van der Waals surface area contributed by atoms with Gasteiger partial charge in [-0.15, -0.1) is 5.10 Å². The second-order valence-corrected chi connectivity index (χ2v) is 8.84. The molecule has 8 nitrogen and oxygen atoms in total. The van der Waals surface area contributed by atoms with Gasteiger partial charge in [0.05, 0.1) is 19.2 Å². The van der Waals surface area contributed by atoms with Gasteiger partial charge in [-0.05, 0) is 46.7 Å². The first-order valence-electron chi connectivity index (χ1n) is 11.5. The van der Waals surface area contributed by atoms with Gasteiger partial charge in [-0.2, -0.15) is 0 Å². The van der Waals surface area contributed by atoms with E-state index in [4.69, 9.17) is 4.74 Å². The molecule has 0 radical (unpaired) electrons. The average molecular weight is 435 g/mol. The van der Waals surface area contributed by atoms with E-state index in [-0.39, 0.29) is 18.0 Å². The number of tetrazole rings is 1. The van der Waals surface area contributed by atoms with Crippen molar-refractivity contribution in [3.05, 3.63) is 48.3 Å². The van der Waals surface area contributed by atoms with Gasteiger partial charge in [0.25, 0.3) is 0 Å². The van der Waals surface area contributed by atoms with E-state index in [0.717, 1.165) is 50.0 Å². The molecule has 0 bridgehead atoms. The van der Waals surface area contributed by atoms with Crippen LogP contribution in [0.4, 0.5) is 0 Å². The van der Waals surface area contributed by atoms with E-state index in [1.807, 2.05) is 12.1 Å². The minimum atomic E-state index is -0.164. The van der Waals surface area contributed by atoms with Crippen molar-refractivity contribution >= 4 is 16.7 Å². The highest BCUT2D eigenvalue weighted by molar-refractivity contribution is 5.91. The lowest BCUT2D eigenvalue weighted by molar-refractivity contribution is -0.136. The molecule has 2 aliphatic heterocycles. The number of likely N-dealkylation sites (tertiary alicyclic amines) is 2. The van der Waals surface area contributed by atoms with E-state index in [1.54, 1.807) is 18.1 Å². The Morgan fingerprint density at radius 3 is 2.56 bits per heavy atom. The molecule has 0 unspecified atom stereocenters. The molecule has 3 aromatic rings. The summed E-state index contributed by atoms with van der Waals surface area (Å²) >= 11 is 0. The van der Waals surface area contributed by atoms with Crippen LogP contribution in [0.5, 0.6) is 5.75 Å². The number of hydrogen-bond donors (Lipinski definition) is 0. The number of amides is 1. The summed E-state index contributed by atoms with van der Waals surface area (Å²) in [6, 6.07) is 12.4. The van der Waals surface area contributed by atoms with Crippen molar-refractivity contribution in [3.8, 4) is 5.75 Å². The molecule has 1 aromatic heterocycles. The maximum Gasteiger partial charge on any atom is 0.240 e. The molecule has 2 saturated heterocycles. The van der Waals surface area contributed by atoms with Crippen LogP contribution in [-0.2, 0) is 11.3 Å². The molecular formula is C24H30N6O2. The zero-order valence-electron chi connectivity index (χ0n) is 18.6. The van der Waals surface area contributed by atoms with E-state index < -0.39 is 0 Å². The number of carbonyl (C=O) groups excluding carboxylic acids is 1. The van der Waals surface area contributed by atoms with Crippen molar-refractivity contribution in [2.45, 2.75) is 50.7 Å². The van der Waals surface area contributed by atoms with Crippen molar-refractivity contribution < 1.29 is 9.53 Å². The van der Waals surface area contributed by atoms with Crippen LogP contribution in [0.15, 0.2) is 42.7 Å². The van der Waals surface area contributed by atoms with Gasteiger partial charge in [-0.25, -0.2) is 4.68 Å². The van der Waals surface area contributed by atoms with Gasteiger partial charge >= 0.3 is 0 Å². The summed E-state index contributed by atoms with van der Waals surface area (Å²) in [5.74, 6) is 1.12. The molecule has 3 heterocycles. The molecule has 2 aliphatic rings. The molecule has 8 heteroatoms. The number of benzene rings is 2. The van der Waals surface area contributed by atoms with Gasteiger partial charge in [0.1, 0.15) is 12.1 Å². The first-order valence-corrected chi connectivity index (χ1v) is 11.5. The average Bonchev–Trinajstić information content (AvgIpc) is 3.42. The first-order chi connectivity index (χ1) is 15.7. The molecule has 32 heavy (non-hydrogen) atoms. The number of carbonyl (C=O) groups is 1. The number of aromatic nitrogens is 4. The second kappa shape index (κ2) is 9.24. The Kier molecular flexibility index (Phi) is 6.03. The van der Waals surface area contributed by atoms with Crippen molar-refractivity contribution in [2.24, 2.45) is 0 Å². The highest BCUT2D eigenvalue weighted by atomic mass is 16.5. The monoisotopic (exact) mass is 434 g/mol. The fourth-order valence-corrected chi connectivity index (χ4v) is 5.21. The lowest BCUT2D eigenvalue weighted by Gasteiger charge is -2.29. The van der Waals surface area contributed by atoms with Crippen LogP contribution < -0.4 is 4.74 Å². The summed E-state index contributed by atoms with van der Waals surface area (Å²) in [6.45, 7) is 3.18. The topological polar surface area (TPSA) is 76.4 Å². The highest BCUT2D eigenvalue weighted by Crippen LogP contribution is 2.33. The Hall–Kier alpha value is -3.00. The van der Waals surface area contributed by atoms with E-state index >= 15 is 0 Å². The van der Waals surface area contributed by atoms with Gasteiger partial charge in [0.2, 0.25) is 5.91 Å². The number of methoxy groups -OCH3 is 1. The molecular weight excluding hydrogens is 404 g/mol. The summed E-state index contributed by atoms with van der Waals surface area (Å²) in [7, 11) is 1.70. The van der Waals surface area contributed by atoms with E-state index in [0.29, 0.717) is 6.54 Å². The van der Waals surface area contributed by atoms with Crippen LogP contribution in [0.2, 0.25) is 0 Å². The van der Waals surface area contributed by atoms with Crippen LogP contribution in [0.1, 0.15) is 43.7 Å². The van der Waals surface area contributed by atoms with Crippen LogP contribution in [0, 0.1) is 0 Å². The molecule has 1 amide bonds. The molecule has 2 aromatic carbocycles. The Bertz CT molecular complexity index is 1060. The van der Waals surface area contributed by atoms with Gasteiger partial charge in [-0.3, -0.25) is 9.69 Å². The van der Waals surface area contributed by atoms with Crippen LogP contribution in [0.25, 0.3) is 10.8 Å². The fourth-order valence-electron chi connectivity index (χ4n) is 5.21. The summed E-state index contributed by atoms with van der Waals surface area (Å²) in [5, 5.41) is 14.0. The van der Waals surface area contributed by atoms with Gasteiger partial charge in [0.15, 0.2) is 0 Å². The number of fused-ring (bicyclic) bond motifs is 1. The lowest BCUT2D eigenvalue weighted by Crippen LogP contribution is -2.45. The zero-order chi connectivity index (χ0) is 21.9. The Labute approximate surface area is 188 Å². The van der Waals surface area contributed by atoms with Crippen molar-refractivity contribution in [2.75, 3.05) is 26.7 Å². The van der Waals surface area contributed by atoms with Crippen LogP contribution >= 0.6 is 0 Å². The lowest BCUT2D eigenvalue weighted by atomic mass is 10.0. The number of ether oxygens (including phenoxy) is 1. The molecule has 168 valence electrons. The molecule has 2 fully saturated rings. The highest BCUT2D eigenvalue weighted by Gasteiger charge is 2.40. The molecule has 0 aliphatic carbocycles. The van der Waals surface area contributed by atoms with Gasteiger partial charge < -0.3 is 9.64 Å². The molecule has 5 rings (SSSR count). The fraction of sp³-hybridized carbons (Fsp3) is 0.500. The molecule has 0 N–H and O–H groups in total. The SMILES string of the molecule is COc1ccc(CN2C[C@@H](n3cnnn3)C[C@H]2C(=O)N2CCCCCC2)c2ccccc12. The summed E-state index contributed by atoms with van der Waals surface area (Å²) < 4.78 is 7.37. The summed E-state index contributed by atoms with van der Waals surface area (Å²) in [5.41, 5.74) is 1.20. The Morgan fingerprint density at radius 1 is 1.06 bits per heavy atom. The van der Waals surface area contributed by atoms with Crippen LogP contribution in [0.3, 0.4) is 0 Å². The maximum atomic E-state index is 13.6. The number of rotatable bonds is 5. The summed E-state index contributed by atoms with van der Waals surface area (Å²) in [4.78, 5) is 18.0. The zero-order valence-corrected chi connectivity index (χ0v) is 18.6. The maximum absolute atomic E-state index is 13.6. The Morgan fingerprint density at radius 2 is 1.84 bits per heavy atom. The predicted molar refractivity (Wildman–Crippen MR) is 121 cm³/mol. The quantitative estimate of drug-likeness (QED) is 0.614. The normalized spacial score (nSPS) is 22.2. The van der Waals surface area contributed by atoms with E-state index in [2.05, 4.69) is 49.6 Å². The minimum Gasteiger partial charge on any atom is -0.496 e. The largest absolute Gasteiger partial charge is 0.496 e. The predicted octanol–water partition coefficient (Wildman–Crippen LogP) is 3.05.